The van der Waals surface area contributed by atoms with E-state index in [1.807, 2.05) is 0 Å². The first-order valence-corrected chi connectivity index (χ1v) is 18.6. The third kappa shape index (κ3) is 5.63. The maximum absolute atomic E-state index is 16.1. The molecule has 7 rings (SSSR count). The van der Waals surface area contributed by atoms with E-state index < -0.39 is 81.3 Å². The van der Waals surface area contributed by atoms with Gasteiger partial charge in [0.25, 0.3) is 5.56 Å². The van der Waals surface area contributed by atoms with Crippen molar-refractivity contribution in [2.45, 2.75) is 49.1 Å². The van der Waals surface area contributed by atoms with E-state index in [2.05, 4.69) is 35.0 Å². The van der Waals surface area contributed by atoms with Gasteiger partial charge in [-0.3, -0.25) is 28.6 Å². The Labute approximate surface area is 267 Å². The van der Waals surface area contributed by atoms with E-state index >= 15 is 4.39 Å². The van der Waals surface area contributed by atoms with Gasteiger partial charge in [-0.25, -0.2) is 24.3 Å². The first-order chi connectivity index (χ1) is 21.9. The van der Waals surface area contributed by atoms with Gasteiger partial charge in [-0.15, -0.1) is 0 Å². The second-order valence-corrected chi connectivity index (χ2v) is 16.1. The summed E-state index contributed by atoms with van der Waals surface area (Å²) in [6, 6.07) is -1.41. The summed E-state index contributed by atoms with van der Waals surface area (Å²) in [6.45, 7) is -9.74. The van der Waals surface area contributed by atoms with Crippen LogP contribution in [0.2, 0.25) is 0 Å². The Bertz CT molecular complexity index is 1970. The average Bonchev–Trinajstić information content (AvgIpc) is 3.75. The maximum atomic E-state index is 16.1. The van der Waals surface area contributed by atoms with E-state index in [1.54, 1.807) is 0 Å². The lowest BCUT2D eigenvalue weighted by Gasteiger charge is -2.35. The molecular formula is C21H24FN11O9P2S2-2. The van der Waals surface area contributed by atoms with E-state index in [4.69, 9.17) is 63.3 Å². The molecule has 0 aromatic carbocycles. The topological polar surface area (TPSA) is 267 Å². The molecule has 0 radical (unpaired) electrons. The van der Waals surface area contributed by atoms with Crippen molar-refractivity contribution >= 4 is 71.6 Å². The summed E-state index contributed by atoms with van der Waals surface area (Å²) in [7, 11) is 1.32. The lowest BCUT2D eigenvalue weighted by Crippen LogP contribution is -2.45. The lowest BCUT2D eigenvalue weighted by molar-refractivity contribution is -0.190. The molecule has 10 atom stereocenters. The Morgan fingerprint density at radius 2 is 1.78 bits per heavy atom. The molecule has 0 saturated carbocycles. The Hall–Kier alpha value is -2.66. The van der Waals surface area contributed by atoms with Crippen LogP contribution in [0.5, 0.6) is 0 Å². The van der Waals surface area contributed by atoms with Crippen molar-refractivity contribution in [3.63, 3.8) is 0 Å². The van der Waals surface area contributed by atoms with Crippen LogP contribution in [-0.2, 0) is 56.4 Å². The molecule has 10 unspecified atom stereocenters. The molecule has 46 heavy (non-hydrogen) atoms. The number of hydrogen-bond donors (Lipinski definition) is 4. The molecule has 3 aliphatic rings. The van der Waals surface area contributed by atoms with Crippen molar-refractivity contribution in [3.8, 4) is 0 Å². The molecule has 4 aromatic heterocycles. The molecule has 4 aromatic rings. The fourth-order valence-electron chi connectivity index (χ4n) is 5.62. The highest BCUT2D eigenvalue weighted by Gasteiger charge is 2.51. The number of fused-ring (bicyclic) bond motifs is 5. The Morgan fingerprint density at radius 3 is 2.54 bits per heavy atom. The fraction of sp³-hybridized carbons (Fsp3) is 0.524. The van der Waals surface area contributed by atoms with Crippen molar-refractivity contribution in [3.05, 3.63) is 29.3 Å². The molecule has 0 aliphatic carbocycles. The number of aromatic nitrogens is 8. The van der Waals surface area contributed by atoms with Gasteiger partial charge in [-0.1, -0.05) is 11.8 Å². The van der Waals surface area contributed by atoms with Crippen molar-refractivity contribution in [1.29, 1.82) is 0 Å². The van der Waals surface area contributed by atoms with Gasteiger partial charge in [-0.05, 0) is 0 Å². The number of H-pyrrole nitrogens is 1. The first kappa shape index (κ1) is 31.9. The quantitative estimate of drug-likeness (QED) is 0.145. The SMILES string of the molecule is COC1C2COP([O-])(=S)NC3C(COP(=O)([S-])OC1C(n1cnc4c(=O)[nH]c(N)nc41)O2)OC(n1cnc2c(N)ncnc21)C3F. The Balaban J connectivity index is 1.22. The van der Waals surface area contributed by atoms with Crippen LogP contribution in [0, 0.1) is 0 Å². The minimum atomic E-state index is -4.44. The zero-order valence-electron chi connectivity index (χ0n) is 23.3. The second-order valence-electron chi connectivity index (χ2n) is 10.4. The highest BCUT2D eigenvalue weighted by atomic mass is 32.7. The molecule has 3 saturated heterocycles. The number of imidazole rings is 2. The van der Waals surface area contributed by atoms with Gasteiger partial charge in [0, 0.05) is 7.11 Å². The van der Waals surface area contributed by atoms with E-state index in [9.17, 15) is 14.3 Å². The molecule has 2 bridgehead atoms. The van der Waals surface area contributed by atoms with Crippen molar-refractivity contribution in [1.82, 2.24) is 44.1 Å². The third-order valence-corrected chi connectivity index (χ3v) is 10.9. The predicted octanol–water partition coefficient (Wildman–Crippen LogP) is -1.10. The number of nitrogens with one attached hydrogen (secondary N) is 2. The van der Waals surface area contributed by atoms with Crippen LogP contribution in [0.4, 0.5) is 16.2 Å². The van der Waals surface area contributed by atoms with Gasteiger partial charge in [0.15, 0.2) is 41.3 Å². The summed E-state index contributed by atoms with van der Waals surface area (Å²) in [5, 5.41) is 2.53. The third-order valence-electron chi connectivity index (χ3n) is 7.64. The largest absolute Gasteiger partial charge is 0.789 e. The summed E-state index contributed by atoms with van der Waals surface area (Å²) >= 11 is 10.5. The summed E-state index contributed by atoms with van der Waals surface area (Å²) in [5.74, 6) is -0.140. The molecule has 7 heterocycles. The van der Waals surface area contributed by atoms with Gasteiger partial charge >= 0.3 is 0 Å². The van der Waals surface area contributed by atoms with Crippen LogP contribution < -0.4 is 27.0 Å². The van der Waals surface area contributed by atoms with Crippen molar-refractivity contribution in [2.24, 2.45) is 0 Å². The first-order valence-electron chi connectivity index (χ1n) is 13.4. The number of halogens is 1. The van der Waals surface area contributed by atoms with Gasteiger partial charge in [0.05, 0.1) is 38.6 Å². The van der Waals surface area contributed by atoms with Crippen LogP contribution >= 0.6 is 13.4 Å². The Kier molecular flexibility index (Phi) is 8.18. The van der Waals surface area contributed by atoms with Crippen LogP contribution in [0.25, 0.3) is 22.3 Å². The number of aromatic amines is 1. The number of alkyl halides is 1. The molecule has 3 fully saturated rings. The minimum absolute atomic E-state index is 0.00870. The normalized spacial score (nSPS) is 37.1. The molecule has 3 aliphatic heterocycles. The number of rotatable bonds is 3. The van der Waals surface area contributed by atoms with E-state index in [1.165, 1.54) is 35.2 Å². The molecule has 25 heteroatoms. The smallest absolute Gasteiger partial charge is 0.280 e. The Morgan fingerprint density at radius 1 is 1.09 bits per heavy atom. The van der Waals surface area contributed by atoms with Gasteiger partial charge in [-0.2, -0.15) is 4.98 Å². The van der Waals surface area contributed by atoms with E-state index in [0.717, 1.165) is 0 Å². The highest BCUT2D eigenvalue weighted by molar-refractivity contribution is 8.32. The lowest BCUT2D eigenvalue weighted by atomic mass is 10.1. The second kappa shape index (κ2) is 11.8. The molecule has 20 nitrogen and oxygen atoms in total. The number of nitrogen functional groups attached to an aromatic ring is 2. The molecule has 0 amide bonds. The van der Waals surface area contributed by atoms with Crippen LogP contribution in [0.1, 0.15) is 12.5 Å². The standard InChI is InChI=1S/C21H26FN11O9P2S2/c1-37-13-8-3-38-43(35,45)31-10-7(40-19(9(10)22)32-5-27-11-15(23)25-4-26-16(11)32)2-39-44(36,46)42-14(13)20(41-8)33-6-28-12-17(33)29-21(24)30-18(12)34/h4-10,13-14,19-20H,2-3H2,1H3,(H,36,46)(H2,23,25,26)(H2,31,35,45)(H3,24,29,30,34)/p-2. The minimum Gasteiger partial charge on any atom is -0.789 e. The van der Waals surface area contributed by atoms with Gasteiger partial charge in [0.1, 0.15) is 36.3 Å². The number of hydrogen-bond acceptors (Lipinski definition) is 18. The fourth-order valence-corrected chi connectivity index (χ4v) is 8.66. The molecule has 6 N–H and O–H groups in total. The number of nitrogens with two attached hydrogens (primary N) is 2. The number of methoxy groups -OCH3 is 1. The van der Waals surface area contributed by atoms with Crippen molar-refractivity contribution < 1.29 is 41.6 Å². The monoisotopic (exact) mass is 719 g/mol. The summed E-state index contributed by atoms with van der Waals surface area (Å²) < 4.78 is 66.9. The zero-order chi connectivity index (χ0) is 32.5. The van der Waals surface area contributed by atoms with Gasteiger partial charge < -0.3 is 56.4 Å². The van der Waals surface area contributed by atoms with E-state index in [-0.39, 0.29) is 34.1 Å². The molecule has 0 spiro atoms. The predicted molar refractivity (Wildman–Crippen MR) is 159 cm³/mol. The summed E-state index contributed by atoms with van der Waals surface area (Å²) in [6.07, 6.45) is -5.57. The van der Waals surface area contributed by atoms with Crippen LogP contribution in [0.15, 0.2) is 23.8 Å². The van der Waals surface area contributed by atoms with Gasteiger partial charge in [0.2, 0.25) is 12.7 Å². The zero-order valence-corrected chi connectivity index (χ0v) is 26.7. The highest BCUT2D eigenvalue weighted by Crippen LogP contribution is 2.53. The molecule has 248 valence electrons. The van der Waals surface area contributed by atoms with Crippen LogP contribution in [0.3, 0.4) is 0 Å². The average molecular weight is 720 g/mol. The molecular weight excluding hydrogens is 695 g/mol. The summed E-state index contributed by atoms with van der Waals surface area (Å²) in [5.41, 5.74) is 11.3. The van der Waals surface area contributed by atoms with Crippen molar-refractivity contribution in [2.75, 3.05) is 31.8 Å². The van der Waals surface area contributed by atoms with Crippen LogP contribution in [-0.4, -0.2) is 96.0 Å². The number of nitrogens with zero attached hydrogens (tertiary/aromatic N) is 7. The number of ether oxygens (including phenoxy) is 3. The number of anilines is 2. The maximum Gasteiger partial charge on any atom is 0.280 e. The summed E-state index contributed by atoms with van der Waals surface area (Å²) in [4.78, 5) is 48.6. The van der Waals surface area contributed by atoms with E-state index in [0.29, 0.717) is 0 Å².